The van der Waals surface area contributed by atoms with Gasteiger partial charge in [0.1, 0.15) is 5.69 Å². The molecule has 0 fully saturated rings. The number of rotatable bonds is 4. The molecule has 0 unspecified atom stereocenters. The largest absolute Gasteiger partial charge is 0.478 e. The molecule has 0 aliphatic rings. The smallest absolute Gasteiger partial charge is 0.352 e. The fourth-order valence-electron chi connectivity index (χ4n) is 2.60. The first-order valence-electron chi connectivity index (χ1n) is 6.70. The van der Waals surface area contributed by atoms with Crippen molar-refractivity contribution in [1.29, 1.82) is 0 Å². The van der Waals surface area contributed by atoms with E-state index in [0.29, 0.717) is 5.56 Å². The maximum atomic E-state index is 11.5. The molecule has 5 heteroatoms. The molecule has 0 saturated carbocycles. The number of benzene rings is 2. The Morgan fingerprint density at radius 1 is 0.909 bits per heavy atom. The molecule has 0 amide bonds. The molecule has 0 aliphatic carbocycles. The molecular formula is C17H13NO4. The van der Waals surface area contributed by atoms with E-state index in [2.05, 4.69) is 0 Å². The van der Waals surface area contributed by atoms with Gasteiger partial charge in [0.25, 0.3) is 0 Å². The number of hydrogen-bond acceptors (Lipinski definition) is 2. The highest BCUT2D eigenvalue weighted by molar-refractivity contribution is 5.95. The third-order valence-corrected chi connectivity index (χ3v) is 3.61. The van der Waals surface area contributed by atoms with Crippen molar-refractivity contribution in [2.45, 2.75) is 6.54 Å². The first kappa shape index (κ1) is 13.9. The van der Waals surface area contributed by atoms with E-state index in [4.69, 9.17) is 0 Å². The summed E-state index contributed by atoms with van der Waals surface area (Å²) in [5.41, 5.74) is 1.65. The van der Waals surface area contributed by atoms with Crippen molar-refractivity contribution in [3.63, 3.8) is 0 Å². The number of fused-ring (bicyclic) bond motifs is 1. The van der Waals surface area contributed by atoms with Crippen LogP contribution in [0.3, 0.4) is 0 Å². The molecule has 5 nitrogen and oxygen atoms in total. The summed E-state index contributed by atoms with van der Waals surface area (Å²) in [6.07, 6.45) is 0. The van der Waals surface area contributed by atoms with Crippen LogP contribution in [0.15, 0.2) is 54.6 Å². The summed E-state index contributed by atoms with van der Waals surface area (Å²) in [6, 6.07) is 15.5. The summed E-state index contributed by atoms with van der Waals surface area (Å²) in [5.74, 6) is -2.06. The minimum atomic E-state index is -1.04. The number of carboxylic acids is 2. The van der Waals surface area contributed by atoms with Gasteiger partial charge < -0.3 is 14.8 Å². The van der Waals surface area contributed by atoms with Gasteiger partial charge in [-0.3, -0.25) is 0 Å². The lowest BCUT2D eigenvalue weighted by Gasteiger charge is -2.11. The second-order valence-electron chi connectivity index (χ2n) is 4.94. The number of para-hydroxylation sites is 1. The average molecular weight is 295 g/mol. The van der Waals surface area contributed by atoms with Gasteiger partial charge in [0.2, 0.25) is 0 Å². The van der Waals surface area contributed by atoms with Crippen LogP contribution in [0.4, 0.5) is 0 Å². The van der Waals surface area contributed by atoms with Gasteiger partial charge >= 0.3 is 11.9 Å². The Labute approximate surface area is 126 Å². The Morgan fingerprint density at radius 2 is 1.59 bits per heavy atom. The fraction of sp³-hybridized carbons (Fsp3) is 0.0588. The van der Waals surface area contributed by atoms with Crippen molar-refractivity contribution >= 4 is 22.8 Å². The summed E-state index contributed by atoms with van der Waals surface area (Å²) in [7, 11) is 0. The second-order valence-corrected chi connectivity index (χ2v) is 4.94. The van der Waals surface area contributed by atoms with Gasteiger partial charge in [-0.05, 0) is 23.8 Å². The predicted octanol–water partition coefficient (Wildman–Crippen LogP) is 3.09. The van der Waals surface area contributed by atoms with Gasteiger partial charge in [-0.2, -0.15) is 0 Å². The van der Waals surface area contributed by atoms with Gasteiger partial charge in [0.05, 0.1) is 5.56 Å². The zero-order valence-corrected chi connectivity index (χ0v) is 11.6. The van der Waals surface area contributed by atoms with Crippen molar-refractivity contribution in [1.82, 2.24) is 4.57 Å². The number of nitrogens with zero attached hydrogens (tertiary/aromatic N) is 1. The maximum absolute atomic E-state index is 11.5. The molecule has 22 heavy (non-hydrogen) atoms. The van der Waals surface area contributed by atoms with Crippen LogP contribution >= 0.6 is 0 Å². The number of carboxylic acid groups (broad SMARTS) is 2. The summed E-state index contributed by atoms with van der Waals surface area (Å²) >= 11 is 0. The molecule has 2 N–H and O–H groups in total. The molecule has 0 bridgehead atoms. The van der Waals surface area contributed by atoms with E-state index >= 15 is 0 Å². The van der Waals surface area contributed by atoms with Gasteiger partial charge in [-0.1, -0.05) is 36.4 Å². The van der Waals surface area contributed by atoms with Gasteiger partial charge in [0.15, 0.2) is 0 Å². The van der Waals surface area contributed by atoms with Crippen molar-refractivity contribution in [3.05, 3.63) is 71.4 Å². The minimum Gasteiger partial charge on any atom is -0.478 e. The lowest BCUT2D eigenvalue weighted by molar-refractivity contribution is 0.0682. The average Bonchev–Trinajstić information content (AvgIpc) is 2.87. The highest BCUT2D eigenvalue weighted by atomic mass is 16.4. The molecule has 3 aromatic rings. The van der Waals surface area contributed by atoms with E-state index < -0.39 is 11.9 Å². The van der Waals surface area contributed by atoms with E-state index in [9.17, 15) is 19.8 Å². The minimum absolute atomic E-state index is 0.140. The summed E-state index contributed by atoms with van der Waals surface area (Å²) in [4.78, 5) is 22.8. The predicted molar refractivity (Wildman–Crippen MR) is 81.4 cm³/mol. The van der Waals surface area contributed by atoms with Crippen LogP contribution < -0.4 is 0 Å². The second kappa shape index (κ2) is 5.37. The zero-order valence-electron chi connectivity index (χ0n) is 11.6. The van der Waals surface area contributed by atoms with E-state index in [-0.39, 0.29) is 17.8 Å². The van der Waals surface area contributed by atoms with Crippen LogP contribution in [0, 0.1) is 0 Å². The van der Waals surface area contributed by atoms with Gasteiger partial charge in [-0.15, -0.1) is 0 Å². The molecular weight excluding hydrogens is 282 g/mol. The molecule has 0 saturated heterocycles. The normalized spacial score (nSPS) is 10.7. The van der Waals surface area contributed by atoms with Crippen molar-refractivity contribution in [2.75, 3.05) is 0 Å². The Hall–Kier alpha value is -3.08. The van der Waals surface area contributed by atoms with Crippen LogP contribution in [0.2, 0.25) is 0 Å². The fourth-order valence-corrected chi connectivity index (χ4v) is 2.60. The molecule has 0 atom stereocenters. The number of aromatic nitrogens is 1. The maximum Gasteiger partial charge on any atom is 0.352 e. The highest BCUT2D eigenvalue weighted by Gasteiger charge is 2.17. The van der Waals surface area contributed by atoms with Crippen molar-refractivity contribution < 1.29 is 19.8 Å². The lowest BCUT2D eigenvalue weighted by Crippen LogP contribution is -2.12. The molecule has 0 radical (unpaired) electrons. The standard InChI is InChI=1S/C17H13NO4/c19-16(20)13-7-3-1-6-12(13)10-18-14-8-4-2-5-11(14)9-15(18)17(21)22/h1-9H,10H2,(H,19,20)(H,21,22). The number of carbonyl (C=O) groups is 2. The number of hydrogen-bond donors (Lipinski definition) is 2. The van der Waals surface area contributed by atoms with E-state index in [0.717, 1.165) is 10.9 Å². The van der Waals surface area contributed by atoms with Crippen molar-refractivity contribution in [2.24, 2.45) is 0 Å². The monoisotopic (exact) mass is 295 g/mol. The molecule has 110 valence electrons. The molecule has 0 spiro atoms. The Morgan fingerprint density at radius 3 is 2.32 bits per heavy atom. The van der Waals surface area contributed by atoms with Crippen LogP contribution in [-0.4, -0.2) is 26.7 Å². The van der Waals surface area contributed by atoms with Crippen molar-refractivity contribution in [3.8, 4) is 0 Å². The molecule has 3 rings (SSSR count). The SMILES string of the molecule is O=C(O)c1ccccc1Cn1c(C(=O)O)cc2ccccc21. The quantitative estimate of drug-likeness (QED) is 0.775. The summed E-state index contributed by atoms with van der Waals surface area (Å²) in [6.45, 7) is 0.192. The van der Waals surface area contributed by atoms with E-state index in [1.165, 1.54) is 6.07 Å². The Bertz CT molecular complexity index is 879. The molecule has 1 heterocycles. The summed E-state index contributed by atoms with van der Waals surface area (Å²) in [5, 5.41) is 19.5. The first-order chi connectivity index (χ1) is 10.6. The Kier molecular flexibility index (Phi) is 3.39. The van der Waals surface area contributed by atoms with Gasteiger partial charge in [0, 0.05) is 17.4 Å². The third kappa shape index (κ3) is 2.33. The van der Waals surface area contributed by atoms with E-state index in [1.807, 2.05) is 24.3 Å². The molecule has 1 aromatic heterocycles. The molecule has 0 aliphatic heterocycles. The topological polar surface area (TPSA) is 79.5 Å². The van der Waals surface area contributed by atoms with Crippen LogP contribution in [0.5, 0.6) is 0 Å². The van der Waals surface area contributed by atoms with Crippen LogP contribution in [0.25, 0.3) is 10.9 Å². The molecule has 2 aromatic carbocycles. The zero-order chi connectivity index (χ0) is 15.7. The van der Waals surface area contributed by atoms with Crippen LogP contribution in [-0.2, 0) is 6.54 Å². The first-order valence-corrected chi connectivity index (χ1v) is 6.70. The lowest BCUT2D eigenvalue weighted by atomic mass is 10.1. The number of aromatic carboxylic acids is 2. The Balaban J connectivity index is 2.17. The van der Waals surface area contributed by atoms with Gasteiger partial charge in [-0.25, -0.2) is 9.59 Å². The third-order valence-electron chi connectivity index (χ3n) is 3.61. The highest BCUT2D eigenvalue weighted by Crippen LogP contribution is 2.22. The van der Waals surface area contributed by atoms with Crippen LogP contribution in [0.1, 0.15) is 26.4 Å². The summed E-state index contributed by atoms with van der Waals surface area (Å²) < 4.78 is 1.62. The van der Waals surface area contributed by atoms with E-state index in [1.54, 1.807) is 28.8 Å².